The number of carbonyl (C=O) groups excluding carboxylic acids is 1. The van der Waals surface area contributed by atoms with Crippen LogP contribution in [0.3, 0.4) is 0 Å². The lowest BCUT2D eigenvalue weighted by atomic mass is 9.96. The van der Waals surface area contributed by atoms with Crippen molar-refractivity contribution in [3.05, 3.63) is 0 Å². The highest BCUT2D eigenvalue weighted by molar-refractivity contribution is 5.86. The molecule has 0 aromatic heterocycles. The van der Waals surface area contributed by atoms with E-state index in [1.165, 1.54) is 6.42 Å². The summed E-state index contributed by atoms with van der Waals surface area (Å²) in [5.74, 6) is -0.874. The molecule has 0 spiro atoms. The molecule has 2 amide bonds. The molecule has 112 valence electrons. The van der Waals surface area contributed by atoms with Crippen LogP contribution in [0.5, 0.6) is 0 Å². The summed E-state index contributed by atoms with van der Waals surface area (Å²) in [6.45, 7) is 3.77. The molecule has 20 heavy (non-hydrogen) atoms. The molecule has 3 N–H and O–H groups in total. The number of urea groups is 1. The average molecular weight is 281 g/mol. The maximum Gasteiger partial charge on any atom is 0.329 e. The van der Waals surface area contributed by atoms with E-state index in [0.29, 0.717) is 6.04 Å². The lowest BCUT2D eigenvalue weighted by molar-refractivity contribution is -0.144. The van der Waals surface area contributed by atoms with Gasteiger partial charge in [0, 0.05) is 18.6 Å². The highest BCUT2D eigenvalue weighted by Gasteiger charge is 2.49. The number of nitrogens with one attached hydrogen (secondary N) is 2. The van der Waals surface area contributed by atoms with E-state index in [9.17, 15) is 14.7 Å². The van der Waals surface area contributed by atoms with Crippen molar-refractivity contribution in [1.29, 1.82) is 0 Å². The normalized spacial score (nSPS) is 32.5. The minimum absolute atomic E-state index is 0.0670. The fourth-order valence-electron chi connectivity index (χ4n) is 3.68. The Morgan fingerprint density at radius 1 is 1.20 bits per heavy atom. The Kier molecular flexibility index (Phi) is 3.36. The number of fused-ring (bicyclic) bond motifs is 1. The second kappa shape index (κ2) is 4.91. The predicted octanol–water partition coefficient (Wildman–Crippen LogP) is 0.776. The summed E-state index contributed by atoms with van der Waals surface area (Å²) in [4.78, 5) is 26.0. The van der Waals surface area contributed by atoms with Crippen LogP contribution in [0.4, 0.5) is 4.79 Å². The average Bonchev–Trinajstić information content (AvgIpc) is 3.03. The minimum Gasteiger partial charge on any atom is -0.480 e. The quantitative estimate of drug-likeness (QED) is 0.711. The summed E-state index contributed by atoms with van der Waals surface area (Å²) in [7, 11) is 0. The van der Waals surface area contributed by atoms with Crippen LogP contribution in [0.15, 0.2) is 0 Å². The van der Waals surface area contributed by atoms with Gasteiger partial charge in [0.05, 0.1) is 0 Å². The van der Waals surface area contributed by atoms with Crippen molar-refractivity contribution >= 4 is 12.0 Å². The fourth-order valence-corrected chi connectivity index (χ4v) is 3.68. The maximum absolute atomic E-state index is 12.1. The van der Waals surface area contributed by atoms with E-state index in [1.54, 1.807) is 6.92 Å². The molecule has 1 aliphatic carbocycles. The van der Waals surface area contributed by atoms with E-state index in [-0.39, 0.29) is 18.0 Å². The van der Waals surface area contributed by atoms with Gasteiger partial charge in [-0.25, -0.2) is 9.59 Å². The van der Waals surface area contributed by atoms with E-state index in [4.69, 9.17) is 0 Å². The number of amides is 2. The Balaban J connectivity index is 1.58. The third kappa shape index (κ3) is 2.37. The van der Waals surface area contributed by atoms with Gasteiger partial charge in [0.2, 0.25) is 0 Å². The van der Waals surface area contributed by atoms with Crippen molar-refractivity contribution in [1.82, 2.24) is 15.5 Å². The van der Waals surface area contributed by atoms with Crippen LogP contribution < -0.4 is 10.6 Å². The van der Waals surface area contributed by atoms with Crippen LogP contribution in [0, 0.1) is 5.92 Å². The number of hydrogen-bond acceptors (Lipinski definition) is 3. The Hall–Kier alpha value is -1.30. The highest BCUT2D eigenvalue weighted by atomic mass is 16.4. The molecule has 1 saturated carbocycles. The number of carboxylic acid groups (broad SMARTS) is 1. The van der Waals surface area contributed by atoms with Crippen molar-refractivity contribution in [3.63, 3.8) is 0 Å². The van der Waals surface area contributed by atoms with Gasteiger partial charge in [-0.3, -0.25) is 4.90 Å². The zero-order valence-electron chi connectivity index (χ0n) is 11.9. The predicted molar refractivity (Wildman–Crippen MR) is 73.4 cm³/mol. The van der Waals surface area contributed by atoms with Crippen LogP contribution in [-0.4, -0.2) is 52.7 Å². The van der Waals surface area contributed by atoms with Crippen LogP contribution in [-0.2, 0) is 4.79 Å². The van der Waals surface area contributed by atoms with Gasteiger partial charge in [-0.2, -0.15) is 0 Å². The zero-order valence-corrected chi connectivity index (χ0v) is 11.9. The van der Waals surface area contributed by atoms with Crippen LogP contribution in [0.2, 0.25) is 0 Å². The third-order valence-electron chi connectivity index (χ3n) is 5.13. The molecule has 2 heterocycles. The number of rotatable bonds is 4. The second-order valence-electron chi connectivity index (χ2n) is 6.52. The third-order valence-corrected chi connectivity index (χ3v) is 5.13. The smallest absolute Gasteiger partial charge is 0.329 e. The van der Waals surface area contributed by atoms with Crippen LogP contribution in [0.25, 0.3) is 0 Å². The Bertz CT molecular complexity index is 424. The molecule has 0 aromatic carbocycles. The molecule has 3 aliphatic rings. The standard InChI is InChI=1S/C14H23N3O3/c1-14(12(18)19,9-4-5-9)16-13(20)15-10-6-8-17-7-2-3-11(10)17/h9-11H,2-8H2,1H3,(H,18,19)(H2,15,16,20). The number of aliphatic carboxylic acids is 1. The molecule has 3 fully saturated rings. The molecule has 0 aromatic rings. The molecule has 0 radical (unpaired) electrons. The van der Waals surface area contributed by atoms with E-state index in [0.717, 1.165) is 38.8 Å². The van der Waals surface area contributed by atoms with Crippen LogP contribution >= 0.6 is 0 Å². The van der Waals surface area contributed by atoms with Gasteiger partial charge in [0.1, 0.15) is 5.54 Å². The maximum atomic E-state index is 12.1. The SMILES string of the molecule is CC(NC(=O)NC1CCN2CCCC12)(C(=O)O)C1CC1. The van der Waals surface area contributed by atoms with Gasteiger partial charge in [-0.05, 0) is 51.5 Å². The number of carbonyl (C=O) groups is 2. The van der Waals surface area contributed by atoms with E-state index in [1.807, 2.05) is 0 Å². The summed E-state index contributed by atoms with van der Waals surface area (Å²) < 4.78 is 0. The number of nitrogens with zero attached hydrogens (tertiary/aromatic N) is 1. The molecule has 2 saturated heterocycles. The molecule has 0 bridgehead atoms. The van der Waals surface area contributed by atoms with Crippen molar-refractivity contribution in [2.24, 2.45) is 5.92 Å². The largest absolute Gasteiger partial charge is 0.480 e. The van der Waals surface area contributed by atoms with Crippen molar-refractivity contribution in [2.75, 3.05) is 13.1 Å². The van der Waals surface area contributed by atoms with Gasteiger partial charge in [-0.15, -0.1) is 0 Å². The van der Waals surface area contributed by atoms with Gasteiger partial charge in [0.15, 0.2) is 0 Å². The van der Waals surface area contributed by atoms with Gasteiger partial charge < -0.3 is 15.7 Å². The Morgan fingerprint density at radius 2 is 1.95 bits per heavy atom. The lowest BCUT2D eigenvalue weighted by Gasteiger charge is -2.28. The van der Waals surface area contributed by atoms with E-state index in [2.05, 4.69) is 15.5 Å². The summed E-state index contributed by atoms with van der Waals surface area (Å²) in [6, 6.07) is 0.271. The number of carboxylic acids is 1. The summed E-state index contributed by atoms with van der Waals surface area (Å²) in [5, 5.41) is 15.0. The molecular weight excluding hydrogens is 258 g/mol. The van der Waals surface area contributed by atoms with E-state index < -0.39 is 11.5 Å². The molecule has 6 nitrogen and oxygen atoms in total. The fraction of sp³-hybridized carbons (Fsp3) is 0.857. The van der Waals surface area contributed by atoms with Gasteiger partial charge >= 0.3 is 12.0 Å². The molecule has 6 heteroatoms. The minimum atomic E-state index is -1.13. The summed E-state index contributed by atoms with van der Waals surface area (Å²) in [5.41, 5.74) is -1.13. The summed E-state index contributed by atoms with van der Waals surface area (Å²) in [6.07, 6.45) is 5.04. The molecule has 3 rings (SSSR count). The zero-order chi connectivity index (χ0) is 14.3. The Morgan fingerprint density at radius 3 is 2.60 bits per heavy atom. The summed E-state index contributed by atoms with van der Waals surface area (Å²) >= 11 is 0. The molecule has 3 atom stereocenters. The highest BCUT2D eigenvalue weighted by Crippen LogP contribution is 2.39. The molecule has 2 aliphatic heterocycles. The Labute approximate surface area is 118 Å². The topological polar surface area (TPSA) is 81.7 Å². The lowest BCUT2D eigenvalue weighted by Crippen LogP contribution is -2.58. The molecular formula is C14H23N3O3. The molecule has 3 unspecified atom stereocenters. The second-order valence-corrected chi connectivity index (χ2v) is 6.52. The monoisotopic (exact) mass is 281 g/mol. The van der Waals surface area contributed by atoms with E-state index >= 15 is 0 Å². The van der Waals surface area contributed by atoms with Crippen molar-refractivity contribution < 1.29 is 14.7 Å². The first kappa shape index (κ1) is 13.7. The van der Waals surface area contributed by atoms with Gasteiger partial charge in [0.25, 0.3) is 0 Å². The van der Waals surface area contributed by atoms with Crippen molar-refractivity contribution in [2.45, 2.75) is 56.7 Å². The number of hydrogen-bond donors (Lipinski definition) is 3. The first-order valence-corrected chi connectivity index (χ1v) is 7.57. The first-order valence-electron chi connectivity index (χ1n) is 7.57. The van der Waals surface area contributed by atoms with Crippen molar-refractivity contribution in [3.8, 4) is 0 Å². The van der Waals surface area contributed by atoms with Gasteiger partial charge in [-0.1, -0.05) is 0 Å². The van der Waals surface area contributed by atoms with Crippen LogP contribution in [0.1, 0.15) is 39.0 Å². The first-order chi connectivity index (χ1) is 9.50.